The number of carbonyl (C=O) groups is 2. The summed E-state index contributed by atoms with van der Waals surface area (Å²) in [6, 6.07) is 9.39. The predicted octanol–water partition coefficient (Wildman–Crippen LogP) is 4.44. The lowest BCUT2D eigenvalue weighted by Gasteiger charge is -2.19. The number of anilines is 1. The second kappa shape index (κ2) is 8.21. The fourth-order valence-electron chi connectivity index (χ4n) is 3.58. The molecule has 1 N–H and O–H groups in total. The van der Waals surface area contributed by atoms with Crippen LogP contribution in [0.5, 0.6) is 0 Å². The van der Waals surface area contributed by atoms with Gasteiger partial charge in [-0.1, -0.05) is 18.2 Å². The third-order valence-corrected chi connectivity index (χ3v) is 5.96. The Balaban J connectivity index is 1.52. The number of thiophene rings is 1. The van der Waals surface area contributed by atoms with E-state index in [4.69, 9.17) is 4.42 Å². The first kappa shape index (κ1) is 19.4. The number of aromatic nitrogens is 1. The van der Waals surface area contributed by atoms with E-state index in [-0.39, 0.29) is 18.2 Å². The Bertz CT molecular complexity index is 1030. The number of hydrogen-bond donors (Lipinski definition) is 1. The third-order valence-electron chi connectivity index (χ3n) is 5.11. The van der Waals surface area contributed by atoms with Crippen LogP contribution in [-0.4, -0.2) is 34.8 Å². The van der Waals surface area contributed by atoms with Crippen molar-refractivity contribution in [2.24, 2.45) is 0 Å². The Hall–Kier alpha value is -2.93. The van der Waals surface area contributed by atoms with Crippen molar-refractivity contribution in [3.05, 3.63) is 58.3 Å². The second-order valence-electron chi connectivity index (χ2n) is 7.22. The summed E-state index contributed by atoms with van der Waals surface area (Å²) in [5, 5.41) is 4.87. The Morgan fingerprint density at radius 3 is 2.69 bits per heavy atom. The van der Waals surface area contributed by atoms with Crippen LogP contribution in [0.3, 0.4) is 0 Å². The maximum absolute atomic E-state index is 13.0. The van der Waals surface area contributed by atoms with Gasteiger partial charge >= 0.3 is 0 Å². The van der Waals surface area contributed by atoms with Gasteiger partial charge < -0.3 is 14.6 Å². The Kier molecular flexibility index (Phi) is 5.49. The van der Waals surface area contributed by atoms with E-state index in [1.54, 1.807) is 6.07 Å². The van der Waals surface area contributed by atoms with Crippen LogP contribution in [-0.2, 0) is 11.2 Å². The maximum Gasteiger partial charge on any atom is 0.256 e. The molecule has 29 heavy (non-hydrogen) atoms. The molecule has 1 aliphatic rings. The van der Waals surface area contributed by atoms with Crippen LogP contribution in [0.2, 0.25) is 0 Å². The molecule has 0 spiro atoms. The SMILES string of the molecule is Cc1cccc(NC(=O)Cc2nc(-c3cccs3)oc2C)c1C(=O)N1CCCC1. The van der Waals surface area contributed by atoms with Gasteiger partial charge in [0.2, 0.25) is 11.8 Å². The highest BCUT2D eigenvalue weighted by molar-refractivity contribution is 7.13. The number of carbonyl (C=O) groups excluding carboxylic acids is 2. The van der Waals surface area contributed by atoms with Crippen molar-refractivity contribution < 1.29 is 14.0 Å². The highest BCUT2D eigenvalue weighted by Crippen LogP contribution is 2.27. The third kappa shape index (κ3) is 4.10. The summed E-state index contributed by atoms with van der Waals surface area (Å²) in [4.78, 5) is 32.9. The van der Waals surface area contributed by atoms with Gasteiger partial charge in [0.25, 0.3) is 5.91 Å². The van der Waals surface area contributed by atoms with Gasteiger partial charge in [-0.3, -0.25) is 9.59 Å². The lowest BCUT2D eigenvalue weighted by atomic mass is 10.0. The number of nitrogens with zero attached hydrogens (tertiary/aromatic N) is 2. The average Bonchev–Trinajstić information content (AvgIpc) is 3.44. The van der Waals surface area contributed by atoms with Crippen LogP contribution < -0.4 is 5.32 Å². The molecule has 0 atom stereocenters. The summed E-state index contributed by atoms with van der Waals surface area (Å²) >= 11 is 1.54. The minimum atomic E-state index is -0.222. The number of hydrogen-bond acceptors (Lipinski definition) is 5. The first-order valence-electron chi connectivity index (χ1n) is 9.72. The molecule has 0 saturated carbocycles. The van der Waals surface area contributed by atoms with Crippen molar-refractivity contribution >= 4 is 28.8 Å². The van der Waals surface area contributed by atoms with Gasteiger partial charge in [0.15, 0.2) is 0 Å². The summed E-state index contributed by atoms with van der Waals surface area (Å²) in [6.07, 6.45) is 2.14. The summed E-state index contributed by atoms with van der Waals surface area (Å²) in [7, 11) is 0. The number of rotatable bonds is 5. The molecular formula is C22H23N3O3S. The standard InChI is InChI=1S/C22H23N3O3S/c1-14-7-5-8-16(20(14)22(27)25-10-3-4-11-25)23-19(26)13-17-15(2)28-21(24-17)18-9-6-12-29-18/h5-9,12H,3-4,10-11,13H2,1-2H3,(H,23,26). The first-order valence-corrected chi connectivity index (χ1v) is 10.6. The summed E-state index contributed by atoms with van der Waals surface area (Å²) in [5.41, 5.74) is 2.58. The highest BCUT2D eigenvalue weighted by atomic mass is 32.1. The van der Waals surface area contributed by atoms with Crippen molar-refractivity contribution in [2.45, 2.75) is 33.1 Å². The van der Waals surface area contributed by atoms with Gasteiger partial charge in [-0.25, -0.2) is 4.98 Å². The number of amides is 2. The summed E-state index contributed by atoms with van der Waals surface area (Å²) in [6.45, 7) is 5.24. The van der Waals surface area contributed by atoms with Crippen molar-refractivity contribution in [1.82, 2.24) is 9.88 Å². The highest BCUT2D eigenvalue weighted by Gasteiger charge is 2.24. The van der Waals surface area contributed by atoms with E-state index in [1.165, 1.54) is 11.3 Å². The van der Waals surface area contributed by atoms with E-state index in [1.807, 2.05) is 48.4 Å². The van der Waals surface area contributed by atoms with Crippen LogP contribution in [0, 0.1) is 13.8 Å². The monoisotopic (exact) mass is 409 g/mol. The molecule has 3 aromatic rings. The van der Waals surface area contributed by atoms with Crippen LogP contribution in [0.4, 0.5) is 5.69 Å². The largest absolute Gasteiger partial charge is 0.440 e. The molecule has 1 fully saturated rings. The number of oxazole rings is 1. The lowest BCUT2D eigenvalue weighted by molar-refractivity contribution is -0.115. The molecule has 0 aliphatic carbocycles. The van der Waals surface area contributed by atoms with Crippen molar-refractivity contribution in [3.8, 4) is 10.8 Å². The van der Waals surface area contributed by atoms with Gasteiger partial charge in [-0.05, 0) is 49.8 Å². The zero-order chi connectivity index (χ0) is 20.4. The van der Waals surface area contributed by atoms with Crippen molar-refractivity contribution in [1.29, 1.82) is 0 Å². The normalized spacial score (nSPS) is 13.7. The molecule has 1 aliphatic heterocycles. The summed E-state index contributed by atoms with van der Waals surface area (Å²) < 4.78 is 5.72. The molecule has 0 bridgehead atoms. The Morgan fingerprint density at radius 2 is 1.97 bits per heavy atom. The molecule has 3 heterocycles. The molecule has 2 aromatic heterocycles. The quantitative estimate of drug-likeness (QED) is 0.676. The molecule has 4 rings (SSSR count). The minimum absolute atomic E-state index is 0.0199. The van der Waals surface area contributed by atoms with E-state index in [9.17, 15) is 9.59 Å². The number of likely N-dealkylation sites (tertiary alicyclic amines) is 1. The van der Waals surface area contributed by atoms with Gasteiger partial charge in [0.1, 0.15) is 5.76 Å². The van der Waals surface area contributed by atoms with E-state index in [0.29, 0.717) is 28.6 Å². The first-order chi connectivity index (χ1) is 14.0. The molecule has 6 nitrogen and oxygen atoms in total. The molecule has 2 amide bonds. The minimum Gasteiger partial charge on any atom is -0.440 e. The zero-order valence-electron chi connectivity index (χ0n) is 16.5. The number of aryl methyl sites for hydroxylation is 2. The lowest BCUT2D eigenvalue weighted by Crippen LogP contribution is -2.29. The van der Waals surface area contributed by atoms with Crippen LogP contribution in [0.15, 0.2) is 40.1 Å². The van der Waals surface area contributed by atoms with Crippen molar-refractivity contribution in [2.75, 3.05) is 18.4 Å². The smallest absolute Gasteiger partial charge is 0.256 e. The second-order valence-corrected chi connectivity index (χ2v) is 8.17. The van der Waals surface area contributed by atoms with Crippen LogP contribution >= 0.6 is 11.3 Å². The predicted molar refractivity (Wildman–Crippen MR) is 113 cm³/mol. The molecular weight excluding hydrogens is 386 g/mol. The van der Waals surface area contributed by atoms with E-state index in [2.05, 4.69) is 10.3 Å². The molecule has 7 heteroatoms. The molecule has 0 unspecified atom stereocenters. The van der Waals surface area contributed by atoms with Crippen LogP contribution in [0.1, 0.15) is 40.2 Å². The number of benzene rings is 1. The fraction of sp³-hybridized carbons (Fsp3) is 0.318. The van der Waals surface area contributed by atoms with Gasteiger partial charge in [0, 0.05) is 13.1 Å². The Labute approximate surface area is 173 Å². The number of nitrogens with one attached hydrogen (secondary N) is 1. The Morgan fingerprint density at radius 1 is 1.17 bits per heavy atom. The summed E-state index contributed by atoms with van der Waals surface area (Å²) in [5.74, 6) is 0.913. The van der Waals surface area contributed by atoms with Gasteiger partial charge in [0.05, 0.1) is 28.2 Å². The topological polar surface area (TPSA) is 75.4 Å². The zero-order valence-corrected chi connectivity index (χ0v) is 17.3. The van der Waals surface area contributed by atoms with E-state index >= 15 is 0 Å². The van der Waals surface area contributed by atoms with Crippen LogP contribution in [0.25, 0.3) is 10.8 Å². The molecule has 150 valence electrons. The maximum atomic E-state index is 13.0. The van der Waals surface area contributed by atoms with Crippen molar-refractivity contribution in [3.63, 3.8) is 0 Å². The molecule has 1 aromatic carbocycles. The van der Waals surface area contributed by atoms with Gasteiger partial charge in [-0.15, -0.1) is 11.3 Å². The average molecular weight is 410 g/mol. The fourth-order valence-corrected chi connectivity index (χ4v) is 4.23. The van der Waals surface area contributed by atoms with E-state index in [0.717, 1.165) is 36.4 Å². The van der Waals surface area contributed by atoms with E-state index < -0.39 is 0 Å². The van der Waals surface area contributed by atoms with Gasteiger partial charge in [-0.2, -0.15) is 0 Å². The molecule has 0 radical (unpaired) electrons. The molecule has 1 saturated heterocycles.